The van der Waals surface area contributed by atoms with Crippen LogP contribution in [0.15, 0.2) is 18.5 Å². The van der Waals surface area contributed by atoms with Gasteiger partial charge in [0.1, 0.15) is 11.6 Å². The Morgan fingerprint density at radius 3 is 2.88 bits per heavy atom. The molecule has 4 rings (SSSR count). The van der Waals surface area contributed by atoms with Crippen LogP contribution in [0.4, 0.5) is 5.82 Å². The lowest BCUT2D eigenvalue weighted by molar-refractivity contribution is 0.558. The molecule has 2 N–H and O–H groups in total. The predicted molar refractivity (Wildman–Crippen MR) is 98.8 cm³/mol. The summed E-state index contributed by atoms with van der Waals surface area (Å²) in [6.07, 6.45) is 10.9. The summed E-state index contributed by atoms with van der Waals surface area (Å²) in [4.78, 5) is 9.99. The molecule has 0 spiro atoms. The van der Waals surface area contributed by atoms with Gasteiger partial charge in [-0.3, -0.25) is 4.68 Å². The monoisotopic (exact) mass is 340 g/mol. The predicted octanol–water partition coefficient (Wildman–Crippen LogP) is 2.52. The highest BCUT2D eigenvalue weighted by atomic mass is 15.3. The van der Waals surface area contributed by atoms with Crippen LogP contribution in [0.5, 0.6) is 0 Å². The second kappa shape index (κ2) is 7.52. The molecule has 1 saturated carbocycles. The van der Waals surface area contributed by atoms with Crippen LogP contribution in [-0.4, -0.2) is 38.9 Å². The smallest absolute Gasteiger partial charge is 0.134 e. The number of hydrogen-bond donors (Lipinski definition) is 2. The Hall–Kier alpha value is -1.95. The molecule has 0 amide bonds. The first kappa shape index (κ1) is 16.5. The summed E-state index contributed by atoms with van der Waals surface area (Å²) in [6.45, 7) is 5.04. The van der Waals surface area contributed by atoms with Crippen molar-refractivity contribution in [2.75, 3.05) is 18.4 Å². The fourth-order valence-corrected chi connectivity index (χ4v) is 4.02. The lowest BCUT2D eigenvalue weighted by atomic mass is 10.0. The lowest BCUT2D eigenvalue weighted by Crippen LogP contribution is -2.25. The van der Waals surface area contributed by atoms with E-state index in [2.05, 4.69) is 22.7 Å². The number of rotatable bonds is 5. The highest BCUT2D eigenvalue weighted by molar-refractivity contribution is 5.48. The van der Waals surface area contributed by atoms with Crippen LogP contribution in [0.3, 0.4) is 0 Å². The summed E-state index contributed by atoms with van der Waals surface area (Å²) in [5.74, 6) is 2.66. The molecule has 1 atom stereocenters. The molecule has 2 aromatic heterocycles. The molecular weight excluding hydrogens is 312 g/mol. The first-order valence-electron chi connectivity index (χ1n) is 9.64. The van der Waals surface area contributed by atoms with Crippen molar-refractivity contribution in [3.63, 3.8) is 0 Å². The van der Waals surface area contributed by atoms with Gasteiger partial charge in [-0.25, -0.2) is 9.97 Å². The lowest BCUT2D eigenvalue weighted by Gasteiger charge is -2.20. The van der Waals surface area contributed by atoms with Crippen molar-refractivity contribution in [2.45, 2.75) is 64.0 Å². The van der Waals surface area contributed by atoms with E-state index in [0.717, 1.165) is 44.1 Å². The number of nitrogens with zero attached hydrogens (tertiary/aromatic N) is 4. The summed E-state index contributed by atoms with van der Waals surface area (Å²) < 4.78 is 1.97. The number of nitrogens with one attached hydrogen (secondary N) is 2. The number of aromatic nitrogens is 4. The van der Waals surface area contributed by atoms with Gasteiger partial charge in [0.25, 0.3) is 0 Å². The third-order valence-corrected chi connectivity index (χ3v) is 5.32. The maximum atomic E-state index is 5.00. The Morgan fingerprint density at radius 2 is 2.08 bits per heavy atom. The van der Waals surface area contributed by atoms with E-state index < -0.39 is 0 Å². The molecule has 0 radical (unpaired) electrons. The zero-order chi connectivity index (χ0) is 17.1. The average Bonchev–Trinajstić information content (AvgIpc) is 3.25. The molecule has 1 fully saturated rings. The minimum atomic E-state index is 0.270. The Labute approximate surface area is 149 Å². The summed E-state index contributed by atoms with van der Waals surface area (Å²) in [5.41, 5.74) is 2.55. The SMILES string of the molecule is CC(Cn1cccn1)Nc1nc(C2CCCC2)nc2c1CCNCC2. The van der Waals surface area contributed by atoms with E-state index in [9.17, 15) is 0 Å². The van der Waals surface area contributed by atoms with Crippen molar-refractivity contribution in [1.29, 1.82) is 0 Å². The molecule has 1 aliphatic carbocycles. The minimum absolute atomic E-state index is 0.270. The van der Waals surface area contributed by atoms with Gasteiger partial charge < -0.3 is 10.6 Å². The van der Waals surface area contributed by atoms with Gasteiger partial charge in [0.15, 0.2) is 0 Å². The van der Waals surface area contributed by atoms with Gasteiger partial charge in [-0.1, -0.05) is 12.8 Å². The summed E-state index contributed by atoms with van der Waals surface area (Å²) in [6, 6.07) is 2.24. The molecule has 0 bridgehead atoms. The summed E-state index contributed by atoms with van der Waals surface area (Å²) in [7, 11) is 0. The van der Waals surface area contributed by atoms with Crippen molar-refractivity contribution in [3.05, 3.63) is 35.5 Å². The molecule has 25 heavy (non-hydrogen) atoms. The molecular formula is C19H28N6. The van der Waals surface area contributed by atoms with Crippen molar-refractivity contribution in [3.8, 4) is 0 Å². The average molecular weight is 340 g/mol. The van der Waals surface area contributed by atoms with E-state index in [-0.39, 0.29) is 6.04 Å². The van der Waals surface area contributed by atoms with Gasteiger partial charge in [0.2, 0.25) is 0 Å². The van der Waals surface area contributed by atoms with Crippen LogP contribution in [0, 0.1) is 0 Å². The largest absolute Gasteiger partial charge is 0.365 e. The molecule has 3 heterocycles. The van der Waals surface area contributed by atoms with E-state index in [1.165, 1.54) is 36.9 Å². The summed E-state index contributed by atoms with van der Waals surface area (Å²) in [5, 5.41) is 11.5. The van der Waals surface area contributed by atoms with E-state index in [1.54, 1.807) is 0 Å². The quantitative estimate of drug-likeness (QED) is 0.875. The topological polar surface area (TPSA) is 67.7 Å². The van der Waals surface area contributed by atoms with Crippen LogP contribution >= 0.6 is 0 Å². The van der Waals surface area contributed by atoms with E-state index in [0.29, 0.717) is 5.92 Å². The minimum Gasteiger partial charge on any atom is -0.365 e. The van der Waals surface area contributed by atoms with Crippen molar-refractivity contribution < 1.29 is 0 Å². The van der Waals surface area contributed by atoms with Crippen LogP contribution in [-0.2, 0) is 19.4 Å². The maximum Gasteiger partial charge on any atom is 0.134 e. The fourth-order valence-electron chi connectivity index (χ4n) is 4.02. The molecule has 0 aromatic carbocycles. The highest BCUT2D eigenvalue weighted by Gasteiger charge is 2.24. The fraction of sp³-hybridized carbons (Fsp3) is 0.632. The maximum absolute atomic E-state index is 5.00. The molecule has 6 nitrogen and oxygen atoms in total. The first-order chi connectivity index (χ1) is 12.3. The Kier molecular flexibility index (Phi) is 4.97. The third-order valence-electron chi connectivity index (χ3n) is 5.32. The number of fused-ring (bicyclic) bond motifs is 1. The standard InChI is InChI=1S/C19H28N6/c1-14(13-25-12-4-9-21-25)22-19-16-7-10-20-11-8-17(16)23-18(24-19)15-5-2-3-6-15/h4,9,12,14-15,20H,2-3,5-8,10-11,13H2,1H3,(H,22,23,24). The van der Waals surface area contributed by atoms with Crippen molar-refractivity contribution >= 4 is 5.82 Å². The van der Waals surface area contributed by atoms with Crippen molar-refractivity contribution in [2.24, 2.45) is 0 Å². The molecule has 134 valence electrons. The molecule has 1 aliphatic heterocycles. The van der Waals surface area contributed by atoms with E-state index in [4.69, 9.17) is 9.97 Å². The number of hydrogen-bond acceptors (Lipinski definition) is 5. The Bertz CT molecular complexity index is 690. The van der Waals surface area contributed by atoms with E-state index in [1.807, 2.05) is 23.1 Å². The normalized spacial score (nSPS) is 19.4. The Morgan fingerprint density at radius 1 is 1.24 bits per heavy atom. The van der Waals surface area contributed by atoms with Crippen LogP contribution < -0.4 is 10.6 Å². The van der Waals surface area contributed by atoms with Gasteiger partial charge in [0, 0.05) is 42.9 Å². The summed E-state index contributed by atoms with van der Waals surface area (Å²) >= 11 is 0. The van der Waals surface area contributed by atoms with Gasteiger partial charge >= 0.3 is 0 Å². The zero-order valence-electron chi connectivity index (χ0n) is 15.0. The second-order valence-corrected chi connectivity index (χ2v) is 7.36. The van der Waals surface area contributed by atoms with Gasteiger partial charge in [-0.2, -0.15) is 5.10 Å². The number of anilines is 1. The zero-order valence-corrected chi connectivity index (χ0v) is 15.0. The van der Waals surface area contributed by atoms with Gasteiger partial charge in [-0.05, 0) is 38.8 Å². The molecule has 1 unspecified atom stereocenters. The van der Waals surface area contributed by atoms with Crippen LogP contribution in [0.2, 0.25) is 0 Å². The first-order valence-corrected chi connectivity index (χ1v) is 9.64. The third kappa shape index (κ3) is 3.84. The van der Waals surface area contributed by atoms with Gasteiger partial charge in [0.05, 0.1) is 12.2 Å². The van der Waals surface area contributed by atoms with Crippen molar-refractivity contribution in [1.82, 2.24) is 25.1 Å². The van der Waals surface area contributed by atoms with E-state index >= 15 is 0 Å². The second-order valence-electron chi connectivity index (χ2n) is 7.36. The molecule has 0 saturated heterocycles. The molecule has 2 aliphatic rings. The highest BCUT2D eigenvalue weighted by Crippen LogP contribution is 2.34. The molecule has 2 aromatic rings. The van der Waals surface area contributed by atoms with Crippen LogP contribution in [0.1, 0.15) is 55.6 Å². The van der Waals surface area contributed by atoms with Crippen LogP contribution in [0.25, 0.3) is 0 Å². The molecule has 6 heteroatoms. The van der Waals surface area contributed by atoms with Gasteiger partial charge in [-0.15, -0.1) is 0 Å². The Balaban J connectivity index is 1.60.